The third-order valence-electron chi connectivity index (χ3n) is 8.84. The Morgan fingerprint density at radius 3 is 2.10 bits per heavy atom. The first-order chi connectivity index (χ1) is 19.0. The first-order valence-corrected chi connectivity index (χ1v) is 14.4. The predicted octanol–water partition coefficient (Wildman–Crippen LogP) is 9.73. The number of allylic oxidation sites excluding steroid dienone is 2. The molecule has 0 N–H and O–H groups in total. The first-order valence-electron chi connectivity index (χ1n) is 14.4. The maximum absolute atomic E-state index is 15.3. The Hall–Kier alpha value is -2.95. The molecule has 0 amide bonds. The average Bonchev–Trinajstić information content (AvgIpc) is 2.97. The van der Waals surface area contributed by atoms with Crippen molar-refractivity contribution in [2.75, 3.05) is 6.51 Å². The van der Waals surface area contributed by atoms with Crippen LogP contribution in [0.15, 0.2) is 60.7 Å². The van der Waals surface area contributed by atoms with Crippen molar-refractivity contribution in [1.29, 1.82) is 0 Å². The van der Waals surface area contributed by atoms with E-state index in [1.54, 1.807) is 30.3 Å². The molecule has 3 aromatic rings. The Morgan fingerprint density at radius 1 is 0.769 bits per heavy atom. The van der Waals surface area contributed by atoms with E-state index in [9.17, 15) is 8.78 Å². The number of hydrogen-bond acceptors (Lipinski definition) is 1. The molecular weight excluding hydrogens is 492 g/mol. The van der Waals surface area contributed by atoms with Gasteiger partial charge in [-0.3, -0.25) is 0 Å². The molecule has 0 bridgehead atoms. The van der Waals surface area contributed by atoms with E-state index in [4.69, 9.17) is 12.6 Å². The topological polar surface area (TPSA) is 9.23 Å². The summed E-state index contributed by atoms with van der Waals surface area (Å²) in [5.74, 6) is -0.00197. The van der Waals surface area contributed by atoms with Crippen LogP contribution in [0.1, 0.15) is 70.3 Å². The highest BCUT2D eigenvalue weighted by molar-refractivity contribution is 6.08. The van der Waals surface area contributed by atoms with Gasteiger partial charge in [0, 0.05) is 17.6 Å². The number of benzene rings is 3. The molecular formula is C34H36BF3O. The maximum atomic E-state index is 15.3. The van der Waals surface area contributed by atoms with Gasteiger partial charge in [0.15, 0.2) is 11.6 Å². The minimum atomic E-state index is -1.07. The fourth-order valence-corrected chi connectivity index (χ4v) is 6.64. The van der Waals surface area contributed by atoms with E-state index < -0.39 is 11.6 Å². The summed E-state index contributed by atoms with van der Waals surface area (Å²) in [4.78, 5) is 0. The largest absolute Gasteiger partial charge is 0.500 e. The van der Waals surface area contributed by atoms with Crippen LogP contribution in [0.3, 0.4) is 0 Å². The summed E-state index contributed by atoms with van der Waals surface area (Å²) in [6, 6.07) is 15.2. The third-order valence-corrected chi connectivity index (χ3v) is 8.84. The number of hydrogen-bond donors (Lipinski definition) is 0. The Morgan fingerprint density at radius 2 is 1.46 bits per heavy atom. The van der Waals surface area contributed by atoms with Crippen LogP contribution in [0.2, 0.25) is 0 Å². The van der Waals surface area contributed by atoms with Crippen molar-refractivity contribution < 1.29 is 17.9 Å². The average molecular weight is 528 g/mol. The summed E-state index contributed by atoms with van der Waals surface area (Å²) in [6.07, 6.45) is 13.5. The van der Waals surface area contributed by atoms with E-state index >= 15 is 4.39 Å². The van der Waals surface area contributed by atoms with E-state index in [2.05, 4.69) is 13.0 Å². The molecule has 5 rings (SSSR count). The second-order valence-corrected chi connectivity index (χ2v) is 11.2. The Bertz CT molecular complexity index is 1310. The van der Waals surface area contributed by atoms with Gasteiger partial charge in [0.05, 0.1) is 0 Å². The molecule has 0 heterocycles. The van der Waals surface area contributed by atoms with Crippen molar-refractivity contribution in [2.24, 2.45) is 17.8 Å². The van der Waals surface area contributed by atoms with E-state index in [0.717, 1.165) is 53.7 Å². The fourth-order valence-electron chi connectivity index (χ4n) is 6.64. The maximum Gasteiger partial charge on any atom is 0.201 e. The summed E-state index contributed by atoms with van der Waals surface area (Å²) in [6.45, 7) is 2.05. The monoisotopic (exact) mass is 528 g/mol. The molecule has 5 heteroatoms. The van der Waals surface area contributed by atoms with Crippen LogP contribution in [-0.4, -0.2) is 14.4 Å². The molecule has 1 atom stereocenters. The van der Waals surface area contributed by atoms with Gasteiger partial charge in [-0.2, -0.15) is 4.39 Å². The predicted molar refractivity (Wildman–Crippen MR) is 154 cm³/mol. The van der Waals surface area contributed by atoms with Crippen molar-refractivity contribution in [3.63, 3.8) is 0 Å². The zero-order chi connectivity index (χ0) is 27.4. The molecule has 0 aromatic heterocycles. The molecule has 1 unspecified atom stereocenters. The van der Waals surface area contributed by atoms with Crippen molar-refractivity contribution in [3.05, 3.63) is 83.7 Å². The molecule has 0 spiro atoms. The second-order valence-electron chi connectivity index (χ2n) is 11.2. The number of rotatable bonds is 8. The van der Waals surface area contributed by atoms with Gasteiger partial charge in [0.2, 0.25) is 5.82 Å². The van der Waals surface area contributed by atoms with Crippen molar-refractivity contribution in [2.45, 2.75) is 64.7 Å². The van der Waals surface area contributed by atoms with Crippen LogP contribution in [0, 0.1) is 35.2 Å². The molecule has 2 aliphatic rings. The van der Waals surface area contributed by atoms with Gasteiger partial charge < -0.3 is 4.74 Å². The minimum Gasteiger partial charge on any atom is -0.500 e. The first kappa shape index (κ1) is 27.6. The molecule has 2 radical (unpaired) electrons. The van der Waals surface area contributed by atoms with Crippen molar-refractivity contribution >= 4 is 13.4 Å². The zero-order valence-electron chi connectivity index (χ0n) is 22.7. The Kier molecular flexibility index (Phi) is 8.84. The standard InChI is InChI=1S/C34H36BF3O/c1-2-3-22-4-6-23(7-5-22)24-8-12-26(13-9-24)29-17-16-28(20-31(29)36)25-10-14-27(15-11-25)30-18-19-32(39-21-35)34(38)33(30)37/h10-12,14-20,22-24H,2-9,13,21H2,1H3. The number of halogens is 3. The van der Waals surface area contributed by atoms with Crippen LogP contribution in [0.4, 0.5) is 13.2 Å². The van der Waals surface area contributed by atoms with Gasteiger partial charge in [-0.05, 0) is 90.3 Å². The lowest BCUT2D eigenvalue weighted by Crippen LogP contribution is -2.23. The molecule has 0 saturated heterocycles. The zero-order valence-corrected chi connectivity index (χ0v) is 22.7. The Labute approximate surface area is 231 Å². The van der Waals surface area contributed by atoms with E-state index in [1.165, 1.54) is 50.7 Å². The molecule has 1 fully saturated rings. The molecule has 0 aliphatic heterocycles. The van der Waals surface area contributed by atoms with E-state index in [0.29, 0.717) is 11.1 Å². The molecule has 1 saturated carbocycles. The van der Waals surface area contributed by atoms with E-state index in [-0.39, 0.29) is 23.6 Å². The molecule has 2 aliphatic carbocycles. The van der Waals surface area contributed by atoms with Crippen LogP contribution < -0.4 is 4.74 Å². The van der Waals surface area contributed by atoms with E-state index in [1.807, 2.05) is 12.1 Å². The SMILES string of the molecule is [B]COc1ccc(-c2ccc(-c3ccc(C4=CCC(C5CCC(CCC)CC5)CC4)c(F)c3)cc2)c(F)c1F. The van der Waals surface area contributed by atoms with Gasteiger partial charge in [0.25, 0.3) is 0 Å². The summed E-state index contributed by atoms with van der Waals surface area (Å²) < 4.78 is 49.1. The smallest absolute Gasteiger partial charge is 0.201 e. The van der Waals surface area contributed by atoms with Gasteiger partial charge in [-0.25, -0.2) is 8.78 Å². The lowest BCUT2D eigenvalue weighted by atomic mass is 9.70. The summed E-state index contributed by atoms with van der Waals surface area (Å²) in [5.41, 5.74) is 4.01. The third kappa shape index (κ3) is 6.13. The van der Waals surface area contributed by atoms with Crippen LogP contribution in [0.25, 0.3) is 27.8 Å². The highest BCUT2D eigenvalue weighted by Gasteiger charge is 2.29. The van der Waals surface area contributed by atoms with Gasteiger partial charge in [0.1, 0.15) is 13.7 Å². The normalized spacial score (nSPS) is 21.4. The lowest BCUT2D eigenvalue weighted by molar-refractivity contribution is 0.189. The van der Waals surface area contributed by atoms with Gasteiger partial charge in [-0.1, -0.05) is 75.1 Å². The molecule has 39 heavy (non-hydrogen) atoms. The van der Waals surface area contributed by atoms with Crippen LogP contribution >= 0.6 is 0 Å². The van der Waals surface area contributed by atoms with Gasteiger partial charge >= 0.3 is 0 Å². The summed E-state index contributed by atoms with van der Waals surface area (Å²) in [5, 5.41) is 0. The second kappa shape index (κ2) is 12.5. The lowest BCUT2D eigenvalue weighted by Gasteiger charge is -2.35. The summed E-state index contributed by atoms with van der Waals surface area (Å²) >= 11 is 0. The highest BCUT2D eigenvalue weighted by Crippen LogP contribution is 2.42. The summed E-state index contributed by atoms with van der Waals surface area (Å²) in [7, 11) is 5.27. The number of ether oxygens (including phenoxy) is 1. The fraction of sp³-hybridized carbons (Fsp3) is 0.412. The van der Waals surface area contributed by atoms with Gasteiger partial charge in [-0.15, -0.1) is 0 Å². The molecule has 202 valence electrons. The molecule has 3 aromatic carbocycles. The van der Waals surface area contributed by atoms with Crippen LogP contribution in [-0.2, 0) is 0 Å². The quantitative estimate of drug-likeness (QED) is 0.265. The van der Waals surface area contributed by atoms with Crippen LogP contribution in [0.5, 0.6) is 5.75 Å². The minimum absolute atomic E-state index is 0.126. The van der Waals surface area contributed by atoms with Crippen molar-refractivity contribution in [1.82, 2.24) is 0 Å². The Balaban J connectivity index is 1.25. The molecule has 1 nitrogen and oxygen atoms in total. The highest BCUT2D eigenvalue weighted by atomic mass is 19.2. The van der Waals surface area contributed by atoms with Crippen molar-refractivity contribution in [3.8, 4) is 28.0 Å².